The van der Waals surface area contributed by atoms with Gasteiger partial charge in [0.2, 0.25) is 12.0 Å². The van der Waals surface area contributed by atoms with E-state index in [0.29, 0.717) is 0 Å². The first kappa shape index (κ1) is 35.1. The van der Waals surface area contributed by atoms with E-state index in [1.807, 2.05) is 0 Å². The highest BCUT2D eigenvalue weighted by molar-refractivity contribution is 5.91. The quantitative estimate of drug-likeness (QED) is 0.0885. The van der Waals surface area contributed by atoms with Gasteiger partial charge in [0.15, 0.2) is 40.7 Å². The van der Waals surface area contributed by atoms with Crippen LogP contribution in [0.15, 0.2) is 39.5 Å². The number of carbonyl (C=O) groups excluding carboxylic acids is 1. The second kappa shape index (κ2) is 14.1. The fourth-order valence-corrected chi connectivity index (χ4v) is 5.30. The average Bonchev–Trinajstić information content (AvgIpc) is 3.05. The van der Waals surface area contributed by atoms with Crippen LogP contribution in [0.3, 0.4) is 0 Å². The number of rotatable bonds is 9. The van der Waals surface area contributed by atoms with Crippen LogP contribution < -0.4 is 14.9 Å². The highest BCUT2D eigenvalue weighted by atomic mass is 16.8. The zero-order valence-corrected chi connectivity index (χ0v) is 25.3. The number of fused-ring (bicyclic) bond motifs is 1. The van der Waals surface area contributed by atoms with E-state index in [0.717, 1.165) is 19.1 Å². The number of aliphatic hydroxyl groups excluding tert-OH is 6. The zero-order valence-electron chi connectivity index (χ0n) is 25.3. The molecule has 48 heavy (non-hydrogen) atoms. The van der Waals surface area contributed by atoms with E-state index in [-0.39, 0.29) is 22.8 Å². The van der Waals surface area contributed by atoms with Gasteiger partial charge >= 0.3 is 5.97 Å². The third-order valence-corrected chi connectivity index (χ3v) is 7.86. The van der Waals surface area contributed by atoms with Crippen LogP contribution in [0.25, 0.3) is 22.3 Å². The summed E-state index contributed by atoms with van der Waals surface area (Å²) >= 11 is 0. The summed E-state index contributed by atoms with van der Waals surface area (Å²) in [5.41, 5.74) is -1.16. The number of phenolic OH excluding ortho intramolecular Hbond substituents is 3. The summed E-state index contributed by atoms with van der Waals surface area (Å²) in [5, 5.41) is 94.2. The Morgan fingerprint density at radius 3 is 2.17 bits per heavy atom. The topological polar surface area (TPSA) is 285 Å². The number of aromatic hydroxyl groups is 3. The molecule has 2 saturated heterocycles. The van der Waals surface area contributed by atoms with Crippen molar-refractivity contribution in [2.24, 2.45) is 0 Å². The molecule has 10 atom stereocenters. The molecule has 1 aromatic heterocycles. The number of benzene rings is 2. The van der Waals surface area contributed by atoms with Gasteiger partial charge in [0, 0.05) is 24.6 Å². The summed E-state index contributed by atoms with van der Waals surface area (Å²) in [5.74, 6) is -3.21. The molecule has 0 spiro atoms. The van der Waals surface area contributed by atoms with Crippen LogP contribution in [0.4, 0.5) is 0 Å². The molecule has 0 saturated carbocycles. The van der Waals surface area contributed by atoms with Crippen LogP contribution in [-0.4, -0.2) is 134 Å². The van der Waals surface area contributed by atoms with Gasteiger partial charge in [-0.05, 0) is 18.2 Å². The largest absolute Gasteiger partial charge is 0.507 e. The first-order chi connectivity index (χ1) is 22.7. The summed E-state index contributed by atoms with van der Waals surface area (Å²) in [6.45, 7) is -0.321. The predicted octanol–water partition coefficient (Wildman–Crippen LogP) is -1.84. The minimum absolute atomic E-state index is 0.132. The molecule has 2 aliphatic rings. The predicted molar refractivity (Wildman–Crippen MR) is 156 cm³/mol. The van der Waals surface area contributed by atoms with Gasteiger partial charge in [-0.25, -0.2) is 0 Å². The number of methoxy groups -OCH3 is 1. The van der Waals surface area contributed by atoms with Crippen molar-refractivity contribution in [3.05, 3.63) is 40.6 Å². The van der Waals surface area contributed by atoms with Crippen LogP contribution in [0.1, 0.15) is 6.92 Å². The van der Waals surface area contributed by atoms with E-state index in [2.05, 4.69) is 0 Å². The Balaban J connectivity index is 1.49. The van der Waals surface area contributed by atoms with E-state index in [1.165, 1.54) is 25.3 Å². The molecule has 2 fully saturated rings. The molecule has 0 aliphatic carbocycles. The Bertz CT molecular complexity index is 1690. The van der Waals surface area contributed by atoms with E-state index in [1.54, 1.807) is 0 Å². The molecule has 262 valence electrons. The number of esters is 1. The fraction of sp³-hybridized carbons (Fsp3) is 0.467. The van der Waals surface area contributed by atoms with E-state index >= 15 is 0 Å². The van der Waals surface area contributed by atoms with E-state index < -0.39 is 114 Å². The molecular formula is C30H34O18. The van der Waals surface area contributed by atoms with Gasteiger partial charge in [0.25, 0.3) is 0 Å². The summed E-state index contributed by atoms with van der Waals surface area (Å²) in [7, 11) is 1.34. The first-order valence-corrected chi connectivity index (χ1v) is 14.4. The van der Waals surface area contributed by atoms with Crippen LogP contribution in [-0.2, 0) is 23.7 Å². The SMILES string of the molecule is COc1ccc(-c2cc(=O)c3c(O)cc(O[C@@H]4OC(CO)[C@@H](O)[C@H](O)C4O[C@@H]4OC(COC(C)=O)[C@@H](O)[C@H](O)C4O)c(O)c3o2)cc1O. The van der Waals surface area contributed by atoms with Crippen molar-refractivity contribution < 1.29 is 83.6 Å². The van der Waals surface area contributed by atoms with Gasteiger partial charge in [-0.15, -0.1) is 0 Å². The monoisotopic (exact) mass is 682 g/mol. The maximum atomic E-state index is 13.0. The van der Waals surface area contributed by atoms with Gasteiger partial charge in [-0.1, -0.05) is 0 Å². The third-order valence-electron chi connectivity index (χ3n) is 7.86. The Labute approximate surface area is 270 Å². The Kier molecular flexibility index (Phi) is 10.3. The van der Waals surface area contributed by atoms with Gasteiger partial charge < -0.3 is 78.8 Å². The molecule has 3 heterocycles. The first-order valence-electron chi connectivity index (χ1n) is 14.4. The molecule has 9 N–H and O–H groups in total. The van der Waals surface area contributed by atoms with Crippen molar-refractivity contribution in [1.29, 1.82) is 0 Å². The molecule has 18 heteroatoms. The summed E-state index contributed by atoms with van der Waals surface area (Å²) in [6.07, 6.45) is -17.8. The average molecular weight is 683 g/mol. The molecule has 2 aliphatic heterocycles. The van der Waals surface area contributed by atoms with Gasteiger partial charge in [-0.3, -0.25) is 9.59 Å². The highest BCUT2D eigenvalue weighted by Crippen LogP contribution is 2.42. The lowest BCUT2D eigenvalue weighted by molar-refractivity contribution is -0.358. The van der Waals surface area contributed by atoms with E-state index in [9.17, 15) is 55.5 Å². The highest BCUT2D eigenvalue weighted by Gasteiger charge is 2.51. The van der Waals surface area contributed by atoms with Crippen molar-refractivity contribution in [2.45, 2.75) is 68.3 Å². The minimum Gasteiger partial charge on any atom is -0.507 e. The lowest BCUT2D eigenvalue weighted by Crippen LogP contribution is -2.65. The molecule has 3 aromatic rings. The molecule has 0 radical (unpaired) electrons. The number of aliphatic hydroxyl groups is 6. The van der Waals surface area contributed by atoms with Gasteiger partial charge in [0.1, 0.15) is 66.2 Å². The standard InChI is InChI=1S/C30H34O18/c1-10(32)43-9-19-22(37)24(39)26(41)29(47-19)48-28-25(40)21(36)18(8-31)46-30(28)45-17-7-14(35)20-13(34)6-16(44-27(20)23(17)38)11-3-4-15(42-2)12(33)5-11/h3-7,18-19,21-22,24-26,28-31,33,35-41H,8-9H2,1-2H3/t18?,19?,21-,22-,24+,25+,26?,28?,29+,30-/m1/s1. The van der Waals surface area contributed by atoms with Crippen molar-refractivity contribution >= 4 is 16.9 Å². The van der Waals surface area contributed by atoms with Crippen LogP contribution in [0, 0.1) is 0 Å². The normalized spacial score (nSPS) is 30.6. The molecule has 4 unspecified atom stereocenters. The molecule has 2 aromatic carbocycles. The Hall–Kier alpha value is -4.24. The van der Waals surface area contributed by atoms with Crippen molar-refractivity contribution in [2.75, 3.05) is 20.3 Å². The lowest BCUT2D eigenvalue weighted by Gasteiger charge is -2.45. The summed E-state index contributed by atoms with van der Waals surface area (Å²) in [4.78, 5) is 24.3. The van der Waals surface area contributed by atoms with Gasteiger partial charge in [-0.2, -0.15) is 0 Å². The lowest BCUT2D eigenvalue weighted by atomic mass is 9.97. The fourth-order valence-electron chi connectivity index (χ4n) is 5.30. The summed E-state index contributed by atoms with van der Waals surface area (Å²) < 4.78 is 38.0. The molecular weight excluding hydrogens is 648 g/mol. The Morgan fingerprint density at radius 1 is 0.833 bits per heavy atom. The number of ether oxygens (including phenoxy) is 6. The molecule has 18 nitrogen and oxygen atoms in total. The van der Waals surface area contributed by atoms with Crippen molar-refractivity contribution in [3.63, 3.8) is 0 Å². The van der Waals surface area contributed by atoms with Gasteiger partial charge in [0.05, 0.1) is 13.7 Å². The molecule has 5 rings (SSSR count). The zero-order chi connectivity index (χ0) is 35.0. The minimum atomic E-state index is -1.96. The van der Waals surface area contributed by atoms with Crippen LogP contribution in [0.2, 0.25) is 0 Å². The number of phenols is 3. The van der Waals surface area contributed by atoms with Crippen molar-refractivity contribution in [3.8, 4) is 40.1 Å². The third kappa shape index (κ3) is 6.70. The smallest absolute Gasteiger partial charge is 0.302 e. The second-order valence-electron chi connectivity index (χ2n) is 11.1. The Morgan fingerprint density at radius 2 is 1.52 bits per heavy atom. The number of carbonyl (C=O) groups is 1. The summed E-state index contributed by atoms with van der Waals surface area (Å²) in [6, 6.07) is 5.91. The maximum absolute atomic E-state index is 13.0. The van der Waals surface area contributed by atoms with Crippen molar-refractivity contribution in [1.82, 2.24) is 0 Å². The van der Waals surface area contributed by atoms with Crippen LogP contribution in [0.5, 0.6) is 28.7 Å². The second-order valence-corrected chi connectivity index (χ2v) is 11.1. The number of hydrogen-bond donors (Lipinski definition) is 9. The van der Waals surface area contributed by atoms with E-state index in [4.69, 9.17) is 32.8 Å². The molecule has 0 bridgehead atoms. The maximum Gasteiger partial charge on any atom is 0.302 e. The number of hydrogen-bond acceptors (Lipinski definition) is 18. The van der Waals surface area contributed by atoms with Crippen LogP contribution >= 0.6 is 0 Å². The molecule has 0 amide bonds.